The van der Waals surface area contributed by atoms with E-state index in [4.69, 9.17) is 10.2 Å². The predicted octanol–water partition coefficient (Wildman–Crippen LogP) is 2.27. The smallest absolute Gasteiger partial charge is 0.214 e. The summed E-state index contributed by atoms with van der Waals surface area (Å²) in [6.07, 6.45) is 0. The Kier molecular flexibility index (Phi) is 2.33. The number of anilines is 1. The number of aromatic nitrogens is 3. The molecule has 0 bridgehead atoms. The summed E-state index contributed by atoms with van der Waals surface area (Å²) in [5, 5.41) is 0. The molecule has 3 rings (SSSR count). The topological polar surface area (TPSA) is 69.9 Å². The molecule has 3 aromatic rings. The summed E-state index contributed by atoms with van der Waals surface area (Å²) in [5.74, 6) is 1.97. The van der Waals surface area contributed by atoms with Crippen molar-refractivity contribution in [2.75, 3.05) is 5.73 Å². The largest absolute Gasteiger partial charge is 0.444 e. The van der Waals surface area contributed by atoms with Gasteiger partial charge in [-0.3, -0.25) is 0 Å². The van der Waals surface area contributed by atoms with E-state index in [1.165, 1.54) is 0 Å². The van der Waals surface area contributed by atoms with Crippen LogP contribution in [0, 0.1) is 13.8 Å². The fourth-order valence-electron chi connectivity index (χ4n) is 2.00. The molecule has 0 amide bonds. The van der Waals surface area contributed by atoms with Gasteiger partial charge >= 0.3 is 0 Å². The highest BCUT2D eigenvalue weighted by molar-refractivity contribution is 5.78. The van der Waals surface area contributed by atoms with Crippen LogP contribution in [0.25, 0.3) is 11.0 Å². The van der Waals surface area contributed by atoms with Crippen LogP contribution in [0.2, 0.25) is 0 Å². The quantitative estimate of drug-likeness (QED) is 0.748. The monoisotopic (exact) mass is 242 g/mol. The van der Waals surface area contributed by atoms with Crippen molar-refractivity contribution in [1.29, 1.82) is 0 Å². The average Bonchev–Trinajstić information content (AvgIpc) is 2.82. The van der Waals surface area contributed by atoms with E-state index in [0.717, 1.165) is 22.5 Å². The van der Waals surface area contributed by atoms with Crippen molar-refractivity contribution in [3.8, 4) is 0 Å². The Morgan fingerprint density at radius 3 is 2.72 bits per heavy atom. The van der Waals surface area contributed by atoms with E-state index in [1.807, 2.05) is 42.7 Å². The summed E-state index contributed by atoms with van der Waals surface area (Å²) < 4.78 is 7.48. The number of hydrogen-bond donors (Lipinski definition) is 1. The first-order valence-electron chi connectivity index (χ1n) is 5.79. The predicted molar refractivity (Wildman–Crippen MR) is 69.2 cm³/mol. The minimum Gasteiger partial charge on any atom is -0.444 e. The fraction of sp³-hybridized carbons (Fsp3) is 0.231. The molecule has 5 heteroatoms. The zero-order valence-electron chi connectivity index (χ0n) is 10.3. The lowest BCUT2D eigenvalue weighted by atomic mass is 10.3. The maximum Gasteiger partial charge on any atom is 0.214 e. The number of nitrogens with two attached hydrogens (primary N) is 1. The lowest BCUT2D eigenvalue weighted by Crippen LogP contribution is -2.04. The maximum atomic E-state index is 5.93. The zero-order chi connectivity index (χ0) is 12.7. The molecule has 0 fully saturated rings. The number of hydrogen-bond acceptors (Lipinski definition) is 4. The molecule has 0 atom stereocenters. The van der Waals surface area contributed by atoms with Gasteiger partial charge in [0, 0.05) is 0 Å². The standard InChI is InChI=1S/C13H14N4O/c1-8-9(2)18-12(15-8)7-17-11-6-4-3-5-10(11)16-13(17)14/h3-6H,7H2,1-2H3,(H2,14,16). The van der Waals surface area contributed by atoms with Gasteiger partial charge in [0.2, 0.25) is 11.8 Å². The van der Waals surface area contributed by atoms with E-state index < -0.39 is 0 Å². The third-order valence-electron chi connectivity index (χ3n) is 3.05. The van der Waals surface area contributed by atoms with E-state index >= 15 is 0 Å². The summed E-state index contributed by atoms with van der Waals surface area (Å²) in [7, 11) is 0. The molecule has 0 aliphatic heterocycles. The van der Waals surface area contributed by atoms with E-state index in [1.54, 1.807) is 0 Å². The van der Waals surface area contributed by atoms with Gasteiger partial charge in [-0.25, -0.2) is 9.97 Å². The summed E-state index contributed by atoms with van der Waals surface area (Å²) in [5.41, 5.74) is 8.71. The van der Waals surface area contributed by atoms with Gasteiger partial charge in [0.25, 0.3) is 0 Å². The number of nitrogens with zero attached hydrogens (tertiary/aromatic N) is 3. The first-order chi connectivity index (χ1) is 8.65. The summed E-state index contributed by atoms with van der Waals surface area (Å²) in [6, 6.07) is 7.83. The molecule has 0 saturated heterocycles. The second kappa shape index (κ2) is 3.87. The van der Waals surface area contributed by atoms with Crippen LogP contribution in [-0.2, 0) is 6.54 Å². The molecule has 1 aromatic carbocycles. The molecule has 2 N–H and O–H groups in total. The lowest BCUT2D eigenvalue weighted by Gasteiger charge is -2.02. The minimum atomic E-state index is 0.477. The summed E-state index contributed by atoms with van der Waals surface area (Å²) in [6.45, 7) is 4.33. The van der Waals surface area contributed by atoms with Crippen LogP contribution in [0.3, 0.4) is 0 Å². The third-order valence-corrected chi connectivity index (χ3v) is 3.05. The highest BCUT2D eigenvalue weighted by atomic mass is 16.4. The molecule has 18 heavy (non-hydrogen) atoms. The van der Waals surface area contributed by atoms with Gasteiger partial charge in [0.1, 0.15) is 12.3 Å². The molecule has 92 valence electrons. The molecule has 0 unspecified atom stereocenters. The van der Waals surface area contributed by atoms with Crippen molar-refractivity contribution in [3.05, 3.63) is 41.6 Å². The minimum absolute atomic E-state index is 0.477. The Hall–Kier alpha value is -2.30. The van der Waals surface area contributed by atoms with E-state index in [0.29, 0.717) is 18.4 Å². The second-order valence-electron chi connectivity index (χ2n) is 4.29. The number of rotatable bonds is 2. The number of fused-ring (bicyclic) bond motifs is 1. The van der Waals surface area contributed by atoms with E-state index in [2.05, 4.69) is 9.97 Å². The van der Waals surface area contributed by atoms with Crippen LogP contribution in [0.15, 0.2) is 28.7 Å². The van der Waals surface area contributed by atoms with Gasteiger partial charge in [-0.2, -0.15) is 0 Å². The highest BCUT2D eigenvalue weighted by Crippen LogP contribution is 2.19. The van der Waals surface area contributed by atoms with Gasteiger partial charge in [-0.1, -0.05) is 12.1 Å². The van der Waals surface area contributed by atoms with Gasteiger partial charge in [0.15, 0.2) is 0 Å². The van der Waals surface area contributed by atoms with Crippen LogP contribution in [0.1, 0.15) is 17.3 Å². The molecule has 0 radical (unpaired) electrons. The molecule has 2 heterocycles. The normalized spacial score (nSPS) is 11.2. The molecular formula is C13H14N4O. The maximum absolute atomic E-state index is 5.93. The number of benzene rings is 1. The zero-order valence-corrected chi connectivity index (χ0v) is 10.3. The third kappa shape index (κ3) is 1.64. The van der Waals surface area contributed by atoms with Crippen molar-refractivity contribution >= 4 is 17.0 Å². The summed E-state index contributed by atoms with van der Waals surface area (Å²) in [4.78, 5) is 8.67. The Bertz CT molecular complexity index is 691. The van der Waals surface area contributed by atoms with Crippen LogP contribution >= 0.6 is 0 Å². The first kappa shape index (κ1) is 10.8. The van der Waals surface area contributed by atoms with Crippen LogP contribution in [0.4, 0.5) is 5.95 Å². The SMILES string of the molecule is Cc1nc(Cn2c(N)nc3ccccc32)oc1C. The van der Waals surface area contributed by atoms with Crippen molar-refractivity contribution < 1.29 is 4.42 Å². The van der Waals surface area contributed by atoms with Gasteiger partial charge in [-0.05, 0) is 26.0 Å². The molecule has 0 aliphatic rings. The molecule has 5 nitrogen and oxygen atoms in total. The average molecular weight is 242 g/mol. The fourth-order valence-corrected chi connectivity index (χ4v) is 2.00. The summed E-state index contributed by atoms with van der Waals surface area (Å²) >= 11 is 0. The molecule has 2 aromatic heterocycles. The van der Waals surface area contributed by atoms with Gasteiger partial charge in [-0.15, -0.1) is 0 Å². The number of nitrogen functional groups attached to an aromatic ring is 1. The van der Waals surface area contributed by atoms with Crippen molar-refractivity contribution in [3.63, 3.8) is 0 Å². The molecule has 0 aliphatic carbocycles. The second-order valence-corrected chi connectivity index (χ2v) is 4.29. The number of imidazole rings is 1. The van der Waals surface area contributed by atoms with Crippen molar-refractivity contribution in [2.24, 2.45) is 0 Å². The Labute approximate surface area is 104 Å². The Morgan fingerprint density at radius 1 is 1.22 bits per heavy atom. The van der Waals surface area contributed by atoms with Crippen molar-refractivity contribution in [2.45, 2.75) is 20.4 Å². The Morgan fingerprint density at radius 2 is 2.00 bits per heavy atom. The molecule has 0 spiro atoms. The Balaban J connectivity index is 2.06. The highest BCUT2D eigenvalue weighted by Gasteiger charge is 2.11. The molecular weight excluding hydrogens is 228 g/mol. The number of para-hydroxylation sites is 2. The first-order valence-corrected chi connectivity index (χ1v) is 5.79. The van der Waals surface area contributed by atoms with Crippen LogP contribution < -0.4 is 5.73 Å². The number of aryl methyl sites for hydroxylation is 2. The van der Waals surface area contributed by atoms with E-state index in [-0.39, 0.29) is 0 Å². The lowest BCUT2D eigenvalue weighted by molar-refractivity contribution is 0.460. The molecule has 0 saturated carbocycles. The van der Waals surface area contributed by atoms with Crippen LogP contribution in [0.5, 0.6) is 0 Å². The van der Waals surface area contributed by atoms with Crippen LogP contribution in [-0.4, -0.2) is 14.5 Å². The van der Waals surface area contributed by atoms with Gasteiger partial charge < -0.3 is 14.7 Å². The van der Waals surface area contributed by atoms with E-state index in [9.17, 15) is 0 Å². The van der Waals surface area contributed by atoms with Crippen molar-refractivity contribution in [1.82, 2.24) is 14.5 Å². The van der Waals surface area contributed by atoms with Gasteiger partial charge in [0.05, 0.1) is 16.7 Å². The number of oxazole rings is 1.